The van der Waals surface area contributed by atoms with E-state index in [0.29, 0.717) is 6.54 Å². The van der Waals surface area contributed by atoms with Crippen molar-refractivity contribution < 1.29 is 9.59 Å². The van der Waals surface area contributed by atoms with Crippen LogP contribution in [0.3, 0.4) is 0 Å². The quantitative estimate of drug-likeness (QED) is 0.606. The maximum Gasteiger partial charge on any atom is 0.233 e. The molecule has 0 aromatic rings. The van der Waals surface area contributed by atoms with E-state index in [2.05, 4.69) is 20.9 Å². The number of likely N-dealkylation sites (N-methyl/N-ethyl adjacent to an activating group) is 1. The molecule has 0 saturated carbocycles. The van der Waals surface area contributed by atoms with Crippen LogP contribution in [0, 0.1) is 5.92 Å². The van der Waals surface area contributed by atoms with E-state index < -0.39 is 0 Å². The molecule has 0 aliphatic carbocycles. The van der Waals surface area contributed by atoms with E-state index >= 15 is 0 Å². The van der Waals surface area contributed by atoms with Crippen LogP contribution in [0.2, 0.25) is 0 Å². The molecule has 108 valence electrons. The number of nitrogens with one attached hydrogen (secondary N) is 3. The molecule has 0 bridgehead atoms. The summed E-state index contributed by atoms with van der Waals surface area (Å²) >= 11 is 0. The molecule has 2 aliphatic heterocycles. The first-order chi connectivity index (χ1) is 9.19. The van der Waals surface area contributed by atoms with Crippen LogP contribution in [0.15, 0.2) is 0 Å². The molecule has 0 aromatic carbocycles. The molecule has 2 rings (SSSR count). The zero-order chi connectivity index (χ0) is 13.7. The number of hydrogen-bond acceptors (Lipinski definition) is 4. The number of hydrogen-bond donors (Lipinski definition) is 3. The highest BCUT2D eigenvalue weighted by molar-refractivity contribution is 5.79. The molecule has 2 amide bonds. The summed E-state index contributed by atoms with van der Waals surface area (Å²) < 4.78 is 0. The van der Waals surface area contributed by atoms with Crippen molar-refractivity contribution >= 4 is 11.8 Å². The highest BCUT2D eigenvalue weighted by atomic mass is 16.2. The van der Waals surface area contributed by atoms with Crippen molar-refractivity contribution in [1.29, 1.82) is 0 Å². The summed E-state index contributed by atoms with van der Waals surface area (Å²) in [6, 6.07) is 0.272. The first kappa shape index (κ1) is 14.3. The molecule has 6 nitrogen and oxygen atoms in total. The molecule has 6 heteroatoms. The second-order valence-corrected chi connectivity index (χ2v) is 5.42. The summed E-state index contributed by atoms with van der Waals surface area (Å²) in [5.41, 5.74) is 0. The van der Waals surface area contributed by atoms with E-state index in [9.17, 15) is 9.59 Å². The van der Waals surface area contributed by atoms with Gasteiger partial charge < -0.3 is 16.0 Å². The topological polar surface area (TPSA) is 73.5 Å². The van der Waals surface area contributed by atoms with Crippen LogP contribution in [0.25, 0.3) is 0 Å². The molecule has 0 radical (unpaired) electrons. The van der Waals surface area contributed by atoms with E-state index in [1.807, 2.05) is 0 Å². The summed E-state index contributed by atoms with van der Waals surface area (Å²) in [5.74, 6) is 0.387. The molecule has 0 spiro atoms. The standard InChI is InChI=1S/C13H24N4O2/c1-14-12(18)9-17-6-3-11(4-7-17)16-13(19)10-2-5-15-8-10/h10-11,15H,2-9H2,1H3,(H,14,18)(H,16,19). The maximum absolute atomic E-state index is 12.0. The lowest BCUT2D eigenvalue weighted by Gasteiger charge is -2.32. The fourth-order valence-electron chi connectivity index (χ4n) is 2.72. The summed E-state index contributed by atoms with van der Waals surface area (Å²) in [7, 11) is 1.66. The molecular weight excluding hydrogens is 244 g/mol. The third kappa shape index (κ3) is 4.18. The second-order valence-electron chi connectivity index (χ2n) is 5.42. The van der Waals surface area contributed by atoms with Crippen molar-refractivity contribution in [3.8, 4) is 0 Å². The van der Waals surface area contributed by atoms with Crippen molar-refractivity contribution in [2.45, 2.75) is 25.3 Å². The highest BCUT2D eigenvalue weighted by Crippen LogP contribution is 2.13. The van der Waals surface area contributed by atoms with E-state index in [4.69, 9.17) is 0 Å². The van der Waals surface area contributed by atoms with Gasteiger partial charge in [-0.3, -0.25) is 14.5 Å². The zero-order valence-electron chi connectivity index (χ0n) is 11.6. The Morgan fingerprint density at radius 2 is 2.00 bits per heavy atom. The fraction of sp³-hybridized carbons (Fsp3) is 0.846. The van der Waals surface area contributed by atoms with Gasteiger partial charge in [-0.2, -0.15) is 0 Å². The van der Waals surface area contributed by atoms with Crippen molar-refractivity contribution in [3.63, 3.8) is 0 Å². The third-order valence-electron chi connectivity index (χ3n) is 4.01. The Bertz CT molecular complexity index is 321. The molecule has 0 aromatic heterocycles. The Morgan fingerprint density at radius 3 is 2.58 bits per heavy atom. The third-order valence-corrected chi connectivity index (χ3v) is 4.01. The highest BCUT2D eigenvalue weighted by Gasteiger charge is 2.26. The lowest BCUT2D eigenvalue weighted by atomic mass is 10.0. The molecule has 1 unspecified atom stereocenters. The molecule has 1 atom stereocenters. The van der Waals surface area contributed by atoms with Crippen molar-refractivity contribution in [3.05, 3.63) is 0 Å². The van der Waals surface area contributed by atoms with Crippen LogP contribution in [-0.2, 0) is 9.59 Å². The lowest BCUT2D eigenvalue weighted by Crippen LogP contribution is -2.48. The van der Waals surface area contributed by atoms with Crippen LogP contribution in [0.5, 0.6) is 0 Å². The monoisotopic (exact) mass is 268 g/mol. The SMILES string of the molecule is CNC(=O)CN1CCC(NC(=O)C2CCNC2)CC1. The zero-order valence-corrected chi connectivity index (χ0v) is 11.6. The van der Waals surface area contributed by atoms with Gasteiger partial charge in [-0.1, -0.05) is 0 Å². The number of rotatable bonds is 4. The van der Waals surface area contributed by atoms with E-state index in [-0.39, 0.29) is 23.8 Å². The Hall–Kier alpha value is -1.14. The first-order valence-electron chi connectivity index (χ1n) is 7.13. The average Bonchev–Trinajstić information content (AvgIpc) is 2.95. The minimum Gasteiger partial charge on any atom is -0.358 e. The summed E-state index contributed by atoms with van der Waals surface area (Å²) in [4.78, 5) is 25.4. The number of likely N-dealkylation sites (tertiary alicyclic amines) is 1. The van der Waals surface area contributed by atoms with E-state index in [1.54, 1.807) is 7.05 Å². The summed E-state index contributed by atoms with van der Waals surface area (Å²) in [6.45, 7) is 3.97. The van der Waals surface area contributed by atoms with Crippen LogP contribution < -0.4 is 16.0 Å². The van der Waals surface area contributed by atoms with Crippen LogP contribution >= 0.6 is 0 Å². The summed E-state index contributed by atoms with van der Waals surface area (Å²) in [6.07, 6.45) is 2.81. The largest absolute Gasteiger partial charge is 0.358 e. The lowest BCUT2D eigenvalue weighted by molar-refractivity contribution is -0.126. The van der Waals surface area contributed by atoms with Gasteiger partial charge in [0.1, 0.15) is 0 Å². The van der Waals surface area contributed by atoms with Crippen LogP contribution in [0.1, 0.15) is 19.3 Å². The Labute approximate surface area is 114 Å². The van der Waals surface area contributed by atoms with Gasteiger partial charge >= 0.3 is 0 Å². The van der Waals surface area contributed by atoms with Crippen molar-refractivity contribution in [2.75, 3.05) is 39.8 Å². The number of carbonyl (C=O) groups excluding carboxylic acids is 2. The second kappa shape index (κ2) is 6.86. The van der Waals surface area contributed by atoms with Gasteiger partial charge in [0.15, 0.2) is 0 Å². The number of amides is 2. The van der Waals surface area contributed by atoms with E-state index in [1.165, 1.54) is 0 Å². The minimum absolute atomic E-state index is 0.0551. The molecule has 2 saturated heterocycles. The van der Waals surface area contributed by atoms with Gasteiger partial charge in [0.05, 0.1) is 12.5 Å². The Balaban J connectivity index is 1.68. The first-order valence-corrected chi connectivity index (χ1v) is 7.13. The van der Waals surface area contributed by atoms with Crippen molar-refractivity contribution in [1.82, 2.24) is 20.9 Å². The molecular formula is C13H24N4O2. The average molecular weight is 268 g/mol. The smallest absolute Gasteiger partial charge is 0.233 e. The molecule has 3 N–H and O–H groups in total. The van der Waals surface area contributed by atoms with Crippen molar-refractivity contribution in [2.24, 2.45) is 5.92 Å². The maximum atomic E-state index is 12.0. The number of carbonyl (C=O) groups is 2. The summed E-state index contributed by atoms with van der Waals surface area (Å²) in [5, 5.41) is 8.99. The number of nitrogens with zero attached hydrogens (tertiary/aromatic N) is 1. The Morgan fingerprint density at radius 1 is 1.26 bits per heavy atom. The van der Waals surface area contributed by atoms with Gasteiger partial charge in [-0.15, -0.1) is 0 Å². The van der Waals surface area contributed by atoms with Gasteiger partial charge in [-0.05, 0) is 25.8 Å². The fourth-order valence-corrected chi connectivity index (χ4v) is 2.72. The van der Waals surface area contributed by atoms with Crippen LogP contribution in [0.4, 0.5) is 0 Å². The molecule has 19 heavy (non-hydrogen) atoms. The van der Waals surface area contributed by atoms with Gasteiger partial charge in [0, 0.05) is 32.7 Å². The Kier molecular flexibility index (Phi) is 5.15. The normalized spacial score (nSPS) is 25.2. The van der Waals surface area contributed by atoms with Crippen LogP contribution in [-0.4, -0.2) is 62.5 Å². The van der Waals surface area contributed by atoms with E-state index in [0.717, 1.165) is 45.4 Å². The number of piperidine rings is 1. The molecule has 2 fully saturated rings. The van der Waals surface area contributed by atoms with Gasteiger partial charge in [-0.25, -0.2) is 0 Å². The molecule has 2 heterocycles. The minimum atomic E-state index is 0.0551. The predicted octanol–water partition coefficient (Wildman–Crippen LogP) is -1.08. The van der Waals surface area contributed by atoms with Gasteiger partial charge in [0.25, 0.3) is 0 Å². The van der Waals surface area contributed by atoms with Gasteiger partial charge in [0.2, 0.25) is 11.8 Å². The predicted molar refractivity (Wildman–Crippen MR) is 72.6 cm³/mol. The molecule has 2 aliphatic rings.